The molecule has 0 atom stereocenters. The van der Waals surface area contributed by atoms with Crippen molar-refractivity contribution in [3.8, 4) is 0 Å². The molecule has 0 heterocycles. The van der Waals surface area contributed by atoms with Gasteiger partial charge in [0, 0.05) is 12.3 Å². The molecule has 2 nitrogen and oxygen atoms in total. The second kappa shape index (κ2) is 9.20. The molecule has 0 spiro atoms. The van der Waals surface area contributed by atoms with Crippen LogP contribution in [0.3, 0.4) is 0 Å². The van der Waals surface area contributed by atoms with Crippen molar-refractivity contribution in [1.82, 2.24) is 5.32 Å². The summed E-state index contributed by atoms with van der Waals surface area (Å²) in [6, 6.07) is 0. The zero-order valence-corrected chi connectivity index (χ0v) is 10.3. The topological polar surface area (TPSA) is 24.4 Å². The number of nitrogens with zero attached hydrogens (tertiary/aromatic N) is 1. The van der Waals surface area contributed by atoms with Crippen LogP contribution in [-0.4, -0.2) is 25.3 Å². The highest BCUT2D eigenvalue weighted by molar-refractivity contribution is 5.81. The van der Waals surface area contributed by atoms with Gasteiger partial charge in [-0.05, 0) is 52.1 Å². The van der Waals surface area contributed by atoms with Gasteiger partial charge in [-0.25, -0.2) is 0 Å². The van der Waals surface area contributed by atoms with Crippen LogP contribution in [0.4, 0.5) is 0 Å². The molecule has 0 saturated carbocycles. The van der Waals surface area contributed by atoms with E-state index in [9.17, 15) is 0 Å². The van der Waals surface area contributed by atoms with Crippen LogP contribution in [0.25, 0.3) is 0 Å². The van der Waals surface area contributed by atoms with Crippen molar-refractivity contribution < 1.29 is 0 Å². The van der Waals surface area contributed by atoms with E-state index in [4.69, 9.17) is 0 Å². The summed E-state index contributed by atoms with van der Waals surface area (Å²) in [4.78, 5) is 4.37. The van der Waals surface area contributed by atoms with E-state index in [0.717, 1.165) is 32.0 Å². The Morgan fingerprint density at radius 3 is 2.57 bits per heavy atom. The third-order valence-corrected chi connectivity index (χ3v) is 2.12. The SMILES string of the molecule is CC/N=C(\C)CCCCNCC(C)C. The van der Waals surface area contributed by atoms with Crippen molar-refractivity contribution in [1.29, 1.82) is 0 Å². The zero-order chi connectivity index (χ0) is 10.8. The van der Waals surface area contributed by atoms with Crippen molar-refractivity contribution in [2.24, 2.45) is 10.9 Å². The van der Waals surface area contributed by atoms with Crippen LogP contribution < -0.4 is 5.32 Å². The fourth-order valence-corrected chi connectivity index (χ4v) is 1.37. The molecule has 0 amide bonds. The highest BCUT2D eigenvalue weighted by Gasteiger charge is 1.94. The first-order valence-corrected chi connectivity index (χ1v) is 5.87. The van der Waals surface area contributed by atoms with Crippen molar-refractivity contribution in [3.05, 3.63) is 0 Å². The predicted octanol–water partition coefficient (Wildman–Crippen LogP) is 2.88. The molecule has 84 valence electrons. The van der Waals surface area contributed by atoms with Gasteiger partial charge in [0.1, 0.15) is 0 Å². The second-order valence-electron chi connectivity index (χ2n) is 4.26. The Labute approximate surface area is 89.2 Å². The van der Waals surface area contributed by atoms with Gasteiger partial charge in [-0.1, -0.05) is 13.8 Å². The molecule has 14 heavy (non-hydrogen) atoms. The Bertz CT molecular complexity index is 150. The largest absolute Gasteiger partial charge is 0.316 e. The van der Waals surface area contributed by atoms with Gasteiger partial charge < -0.3 is 5.32 Å². The van der Waals surface area contributed by atoms with Gasteiger partial charge >= 0.3 is 0 Å². The van der Waals surface area contributed by atoms with Gasteiger partial charge in [-0.2, -0.15) is 0 Å². The molecule has 0 unspecified atom stereocenters. The van der Waals surface area contributed by atoms with E-state index in [-0.39, 0.29) is 0 Å². The lowest BCUT2D eigenvalue weighted by atomic mass is 10.1. The molecule has 0 aliphatic carbocycles. The molecule has 0 saturated heterocycles. The smallest absolute Gasteiger partial charge is 0.0360 e. The maximum atomic E-state index is 4.37. The molecule has 0 bridgehead atoms. The van der Waals surface area contributed by atoms with Crippen LogP contribution in [0.2, 0.25) is 0 Å². The monoisotopic (exact) mass is 198 g/mol. The standard InChI is InChI=1S/C12H26N2/c1-5-14-12(4)8-6-7-9-13-10-11(2)3/h11,13H,5-10H2,1-4H3/b14-12+. The third kappa shape index (κ3) is 9.72. The van der Waals surface area contributed by atoms with Crippen LogP contribution in [-0.2, 0) is 0 Å². The highest BCUT2D eigenvalue weighted by Crippen LogP contribution is 1.97. The zero-order valence-electron chi connectivity index (χ0n) is 10.3. The quantitative estimate of drug-likeness (QED) is 0.471. The lowest BCUT2D eigenvalue weighted by molar-refractivity contribution is 0.538. The van der Waals surface area contributed by atoms with Gasteiger partial charge in [-0.15, -0.1) is 0 Å². The average molecular weight is 198 g/mol. The number of unbranched alkanes of at least 4 members (excludes halogenated alkanes) is 1. The number of hydrogen-bond acceptors (Lipinski definition) is 2. The van der Waals surface area contributed by atoms with Crippen molar-refractivity contribution >= 4 is 5.71 Å². The summed E-state index contributed by atoms with van der Waals surface area (Å²) in [6.45, 7) is 11.9. The van der Waals surface area contributed by atoms with Crippen LogP contribution in [0.1, 0.15) is 47.0 Å². The van der Waals surface area contributed by atoms with Crippen molar-refractivity contribution in [2.45, 2.75) is 47.0 Å². The Hall–Kier alpha value is -0.370. The van der Waals surface area contributed by atoms with Gasteiger partial charge in [0.2, 0.25) is 0 Å². The average Bonchev–Trinajstić information content (AvgIpc) is 2.11. The molecular formula is C12H26N2. The molecule has 0 rings (SSSR count). The molecule has 0 aromatic carbocycles. The first-order valence-electron chi connectivity index (χ1n) is 5.87. The molecule has 0 fully saturated rings. The summed E-state index contributed by atoms with van der Waals surface area (Å²) < 4.78 is 0. The number of nitrogens with one attached hydrogen (secondary N) is 1. The van der Waals surface area contributed by atoms with Gasteiger partial charge in [0.15, 0.2) is 0 Å². The summed E-state index contributed by atoms with van der Waals surface area (Å²) >= 11 is 0. The minimum Gasteiger partial charge on any atom is -0.316 e. The Morgan fingerprint density at radius 2 is 2.00 bits per heavy atom. The van der Waals surface area contributed by atoms with E-state index in [1.165, 1.54) is 18.6 Å². The summed E-state index contributed by atoms with van der Waals surface area (Å²) in [5.41, 5.74) is 1.30. The first-order chi connectivity index (χ1) is 6.66. The second-order valence-corrected chi connectivity index (χ2v) is 4.26. The Kier molecular flexibility index (Phi) is 8.95. The normalized spacial score (nSPS) is 12.5. The van der Waals surface area contributed by atoms with E-state index in [1.54, 1.807) is 0 Å². The van der Waals surface area contributed by atoms with Crippen LogP contribution >= 0.6 is 0 Å². The van der Waals surface area contributed by atoms with Gasteiger partial charge in [-0.3, -0.25) is 4.99 Å². The van der Waals surface area contributed by atoms with Gasteiger partial charge in [0.25, 0.3) is 0 Å². The molecule has 0 aromatic rings. The van der Waals surface area contributed by atoms with Crippen LogP contribution in [0, 0.1) is 5.92 Å². The molecular weight excluding hydrogens is 172 g/mol. The first kappa shape index (κ1) is 13.6. The molecule has 0 aliphatic rings. The molecule has 0 aliphatic heterocycles. The fourth-order valence-electron chi connectivity index (χ4n) is 1.37. The highest BCUT2D eigenvalue weighted by atomic mass is 14.8. The molecule has 2 heteroatoms. The molecule has 0 aromatic heterocycles. The fraction of sp³-hybridized carbons (Fsp3) is 0.917. The minimum atomic E-state index is 0.762. The summed E-state index contributed by atoms with van der Waals surface area (Å²) in [5.74, 6) is 0.762. The number of aliphatic imine (C=N–C) groups is 1. The summed E-state index contributed by atoms with van der Waals surface area (Å²) in [6.07, 6.45) is 3.70. The predicted molar refractivity (Wildman–Crippen MR) is 65.2 cm³/mol. The Morgan fingerprint density at radius 1 is 1.29 bits per heavy atom. The van der Waals surface area contributed by atoms with E-state index in [2.05, 4.69) is 38.0 Å². The molecule has 1 N–H and O–H groups in total. The lowest BCUT2D eigenvalue weighted by Gasteiger charge is -2.06. The maximum Gasteiger partial charge on any atom is 0.0360 e. The summed E-state index contributed by atoms with van der Waals surface area (Å²) in [7, 11) is 0. The number of rotatable bonds is 8. The minimum absolute atomic E-state index is 0.762. The maximum absolute atomic E-state index is 4.37. The lowest BCUT2D eigenvalue weighted by Crippen LogP contribution is -2.20. The van der Waals surface area contributed by atoms with Crippen molar-refractivity contribution in [3.63, 3.8) is 0 Å². The van der Waals surface area contributed by atoms with E-state index in [1.807, 2.05) is 0 Å². The molecule has 0 radical (unpaired) electrons. The number of hydrogen-bond donors (Lipinski definition) is 1. The van der Waals surface area contributed by atoms with Crippen LogP contribution in [0.5, 0.6) is 0 Å². The van der Waals surface area contributed by atoms with Crippen LogP contribution in [0.15, 0.2) is 4.99 Å². The summed E-state index contributed by atoms with van der Waals surface area (Å²) in [5, 5.41) is 3.45. The van der Waals surface area contributed by atoms with Crippen molar-refractivity contribution in [2.75, 3.05) is 19.6 Å². The van der Waals surface area contributed by atoms with E-state index < -0.39 is 0 Å². The van der Waals surface area contributed by atoms with Gasteiger partial charge in [0.05, 0.1) is 0 Å². The Balaban J connectivity index is 3.17. The van der Waals surface area contributed by atoms with E-state index >= 15 is 0 Å². The van der Waals surface area contributed by atoms with E-state index in [0.29, 0.717) is 0 Å². The third-order valence-electron chi connectivity index (χ3n) is 2.12.